The molecule has 1 saturated heterocycles. The minimum atomic E-state index is -0.637. The number of amides is 1. The molecule has 9 heteroatoms. The summed E-state index contributed by atoms with van der Waals surface area (Å²) in [6, 6.07) is 9.51. The van der Waals surface area contributed by atoms with Crippen molar-refractivity contribution in [3.8, 4) is 11.5 Å². The molecule has 1 aromatic heterocycles. The summed E-state index contributed by atoms with van der Waals surface area (Å²) in [4.78, 5) is 31.3. The van der Waals surface area contributed by atoms with Gasteiger partial charge in [0.25, 0.3) is 5.91 Å². The van der Waals surface area contributed by atoms with Crippen LogP contribution in [0.3, 0.4) is 0 Å². The van der Waals surface area contributed by atoms with Gasteiger partial charge in [-0.15, -0.1) is 0 Å². The van der Waals surface area contributed by atoms with Crippen LogP contribution in [-0.2, 0) is 4.74 Å². The van der Waals surface area contributed by atoms with E-state index in [4.69, 9.17) is 13.9 Å². The number of hydrogen-bond acceptors (Lipinski definition) is 7. The molecule has 0 radical (unpaired) electrons. The Morgan fingerprint density at radius 3 is 2.69 bits per heavy atom. The summed E-state index contributed by atoms with van der Waals surface area (Å²) in [6.45, 7) is 6.65. The van der Waals surface area contributed by atoms with Crippen LogP contribution in [0.4, 0.5) is 0 Å². The van der Waals surface area contributed by atoms with E-state index in [1.165, 1.54) is 6.07 Å². The molecule has 184 valence electrons. The number of phenols is 1. The van der Waals surface area contributed by atoms with Crippen molar-refractivity contribution >= 4 is 32.8 Å². The van der Waals surface area contributed by atoms with Gasteiger partial charge >= 0.3 is 0 Å². The van der Waals surface area contributed by atoms with Gasteiger partial charge in [0.1, 0.15) is 5.58 Å². The van der Waals surface area contributed by atoms with E-state index in [1.807, 2.05) is 6.92 Å². The summed E-state index contributed by atoms with van der Waals surface area (Å²) in [6.07, 6.45) is 0.742. The highest BCUT2D eigenvalue weighted by molar-refractivity contribution is 9.10. The number of morpholine rings is 1. The van der Waals surface area contributed by atoms with Crippen LogP contribution < -0.4 is 10.2 Å². The molecular formula is C26H27BrN2O6. The van der Waals surface area contributed by atoms with Gasteiger partial charge in [0.2, 0.25) is 5.76 Å². The number of carbonyl (C=O) groups excluding carboxylic acids is 1. The number of nitrogens with zero attached hydrogens (tertiary/aromatic N) is 2. The second-order valence-corrected chi connectivity index (χ2v) is 9.60. The number of aromatic hydroxyl groups is 1. The van der Waals surface area contributed by atoms with E-state index >= 15 is 0 Å². The second-order valence-electron chi connectivity index (χ2n) is 8.68. The molecule has 1 amide bonds. The van der Waals surface area contributed by atoms with Crippen molar-refractivity contribution in [2.45, 2.75) is 19.4 Å². The molecule has 0 spiro atoms. The lowest BCUT2D eigenvalue weighted by atomic mass is 9.98. The van der Waals surface area contributed by atoms with Crippen molar-refractivity contribution in [3.05, 3.63) is 68.0 Å². The minimum Gasteiger partial charge on any atom is -0.504 e. The van der Waals surface area contributed by atoms with Gasteiger partial charge in [-0.05, 0) is 49.2 Å². The van der Waals surface area contributed by atoms with E-state index in [2.05, 4.69) is 20.8 Å². The molecule has 35 heavy (non-hydrogen) atoms. The van der Waals surface area contributed by atoms with E-state index in [0.717, 1.165) is 30.5 Å². The summed E-state index contributed by atoms with van der Waals surface area (Å²) in [5.74, 6) is 0.0905. The summed E-state index contributed by atoms with van der Waals surface area (Å²) >= 11 is 3.42. The smallest absolute Gasteiger partial charge is 0.290 e. The second kappa shape index (κ2) is 10.0. The van der Waals surface area contributed by atoms with Crippen LogP contribution in [-0.4, -0.2) is 66.8 Å². The Morgan fingerprint density at radius 1 is 1.11 bits per heavy atom. The Bertz CT molecular complexity index is 1320. The first-order chi connectivity index (χ1) is 17.0. The minimum absolute atomic E-state index is 0.00786. The topological polar surface area (TPSA) is 92.5 Å². The first-order valence-corrected chi connectivity index (χ1v) is 12.6. The van der Waals surface area contributed by atoms with E-state index in [-0.39, 0.29) is 22.8 Å². The Kier molecular flexibility index (Phi) is 6.82. The zero-order valence-electron chi connectivity index (χ0n) is 19.5. The number of ether oxygens (including phenoxy) is 2. The Balaban J connectivity index is 1.56. The number of carbonyl (C=O) groups is 1. The Labute approximate surface area is 211 Å². The highest BCUT2D eigenvalue weighted by atomic mass is 79.9. The number of rotatable bonds is 7. The summed E-state index contributed by atoms with van der Waals surface area (Å²) in [5, 5.41) is 10.6. The zero-order chi connectivity index (χ0) is 24.5. The van der Waals surface area contributed by atoms with Gasteiger partial charge in [-0.2, -0.15) is 0 Å². The van der Waals surface area contributed by atoms with Crippen molar-refractivity contribution in [2.75, 3.05) is 46.0 Å². The third kappa shape index (κ3) is 4.55. The van der Waals surface area contributed by atoms with Crippen molar-refractivity contribution in [1.29, 1.82) is 0 Å². The number of phenolic OH excluding ortho intramolecular Hbond substituents is 1. The van der Waals surface area contributed by atoms with E-state index in [9.17, 15) is 14.7 Å². The molecule has 1 unspecified atom stereocenters. The van der Waals surface area contributed by atoms with Gasteiger partial charge in [0, 0.05) is 30.7 Å². The lowest BCUT2D eigenvalue weighted by molar-refractivity contribution is 0.0353. The SMILES string of the molecule is CCOc1cc(C2c3c(oc4ccc(Br)cc4c3=O)C(=O)N2CCCN2CCOCC2)ccc1O. The molecule has 2 aliphatic rings. The predicted molar refractivity (Wildman–Crippen MR) is 134 cm³/mol. The quantitative estimate of drug-likeness (QED) is 0.483. The van der Waals surface area contributed by atoms with E-state index in [0.29, 0.717) is 54.2 Å². The van der Waals surface area contributed by atoms with Crippen molar-refractivity contribution in [2.24, 2.45) is 0 Å². The normalized spacial score (nSPS) is 18.3. The Morgan fingerprint density at radius 2 is 1.91 bits per heavy atom. The van der Waals surface area contributed by atoms with Gasteiger partial charge in [-0.3, -0.25) is 14.5 Å². The van der Waals surface area contributed by atoms with E-state index in [1.54, 1.807) is 35.2 Å². The predicted octanol–water partition coefficient (Wildman–Crippen LogP) is 3.93. The van der Waals surface area contributed by atoms with Crippen LogP contribution in [0, 0.1) is 0 Å². The molecule has 1 atom stereocenters. The fraction of sp³-hybridized carbons (Fsp3) is 0.385. The average Bonchev–Trinajstić information content (AvgIpc) is 3.14. The first-order valence-electron chi connectivity index (χ1n) is 11.8. The van der Waals surface area contributed by atoms with Crippen molar-refractivity contribution in [1.82, 2.24) is 9.80 Å². The lowest BCUT2D eigenvalue weighted by Gasteiger charge is -2.29. The third-order valence-electron chi connectivity index (χ3n) is 6.50. The van der Waals surface area contributed by atoms with Gasteiger partial charge in [0.15, 0.2) is 16.9 Å². The first kappa shape index (κ1) is 23.8. The molecule has 2 aliphatic heterocycles. The van der Waals surface area contributed by atoms with E-state index < -0.39 is 6.04 Å². The van der Waals surface area contributed by atoms with Gasteiger partial charge in [-0.1, -0.05) is 22.0 Å². The van der Waals surface area contributed by atoms with Crippen LogP contribution in [0.5, 0.6) is 11.5 Å². The highest BCUT2D eigenvalue weighted by Gasteiger charge is 2.42. The molecule has 1 fully saturated rings. The third-order valence-corrected chi connectivity index (χ3v) is 7.00. The largest absolute Gasteiger partial charge is 0.504 e. The Hall–Kier alpha value is -2.88. The maximum absolute atomic E-state index is 13.7. The van der Waals surface area contributed by atoms with Crippen LogP contribution in [0.1, 0.15) is 41.1 Å². The molecule has 3 heterocycles. The molecule has 8 nitrogen and oxygen atoms in total. The molecular weight excluding hydrogens is 516 g/mol. The molecule has 0 bridgehead atoms. The van der Waals surface area contributed by atoms with Crippen LogP contribution in [0.2, 0.25) is 0 Å². The molecule has 2 aromatic carbocycles. The number of fused-ring (bicyclic) bond motifs is 2. The average molecular weight is 543 g/mol. The molecule has 5 rings (SSSR count). The number of halogens is 1. The van der Waals surface area contributed by atoms with Crippen LogP contribution in [0.15, 0.2) is 50.1 Å². The standard InChI is InChI=1S/C26H27BrN2O6/c1-2-34-21-14-16(4-6-19(21)30)23-22-24(31)18-15-17(27)5-7-20(18)35-25(22)26(32)29(23)9-3-8-28-10-12-33-13-11-28/h4-7,14-15,23,30H,2-3,8-13H2,1H3. The monoisotopic (exact) mass is 542 g/mol. The molecule has 0 saturated carbocycles. The van der Waals surface area contributed by atoms with Crippen molar-refractivity contribution < 1.29 is 23.8 Å². The zero-order valence-corrected chi connectivity index (χ0v) is 21.0. The summed E-state index contributed by atoms with van der Waals surface area (Å²) < 4.78 is 17.8. The fourth-order valence-corrected chi connectivity index (χ4v) is 5.19. The van der Waals surface area contributed by atoms with Gasteiger partial charge < -0.3 is 23.9 Å². The van der Waals surface area contributed by atoms with Crippen LogP contribution in [0.25, 0.3) is 11.0 Å². The van der Waals surface area contributed by atoms with Crippen LogP contribution >= 0.6 is 15.9 Å². The molecule has 3 aromatic rings. The lowest BCUT2D eigenvalue weighted by Crippen LogP contribution is -2.38. The summed E-state index contributed by atoms with van der Waals surface area (Å²) in [7, 11) is 0. The number of hydrogen-bond donors (Lipinski definition) is 1. The molecule has 1 N–H and O–H groups in total. The number of benzene rings is 2. The summed E-state index contributed by atoms with van der Waals surface area (Å²) in [5.41, 5.74) is 1.15. The van der Waals surface area contributed by atoms with Gasteiger partial charge in [-0.25, -0.2) is 0 Å². The fourth-order valence-electron chi connectivity index (χ4n) is 4.83. The maximum atomic E-state index is 13.7. The van der Waals surface area contributed by atoms with Gasteiger partial charge in [0.05, 0.1) is 36.8 Å². The maximum Gasteiger partial charge on any atom is 0.290 e. The van der Waals surface area contributed by atoms with Crippen molar-refractivity contribution in [3.63, 3.8) is 0 Å². The molecule has 0 aliphatic carbocycles. The highest BCUT2D eigenvalue weighted by Crippen LogP contribution is 2.41.